The lowest BCUT2D eigenvalue weighted by atomic mass is 10.4. The average molecular weight is 110 g/mol. The van der Waals surface area contributed by atoms with Crippen molar-refractivity contribution < 1.29 is 0 Å². The zero-order valence-electron chi connectivity index (χ0n) is 4.65. The summed E-state index contributed by atoms with van der Waals surface area (Å²) in [6.45, 7) is 0. The summed E-state index contributed by atoms with van der Waals surface area (Å²) in [7, 11) is 0. The molecule has 0 saturated carbocycles. The quantitative estimate of drug-likeness (QED) is 0.318. The molecular weight excluding hydrogens is 108 g/mol. The van der Waals surface area contributed by atoms with E-state index in [0.29, 0.717) is 0 Å². The van der Waals surface area contributed by atoms with E-state index in [9.17, 15) is 0 Å². The van der Waals surface area contributed by atoms with Gasteiger partial charge in [-0.2, -0.15) is 0 Å². The van der Waals surface area contributed by atoms with Gasteiger partial charge in [0.1, 0.15) is 0 Å². The van der Waals surface area contributed by atoms with Crippen LogP contribution in [0.4, 0.5) is 0 Å². The summed E-state index contributed by atoms with van der Waals surface area (Å²) in [6.07, 6.45) is 6.64. The van der Waals surface area contributed by atoms with E-state index in [2.05, 4.69) is 35.3 Å². The highest BCUT2D eigenvalue weighted by Gasteiger charge is 1.89. The predicted molar refractivity (Wildman–Crippen MR) is 36.0 cm³/mol. The summed E-state index contributed by atoms with van der Waals surface area (Å²) in [5.41, 5.74) is 3.73. The van der Waals surface area contributed by atoms with Crippen molar-refractivity contribution in [2.75, 3.05) is 0 Å². The molecule has 0 amide bonds. The first kappa shape index (κ1) is 5.34. The van der Waals surface area contributed by atoms with Crippen LogP contribution in [0.25, 0.3) is 0 Å². The summed E-state index contributed by atoms with van der Waals surface area (Å²) in [5.74, 6) is 12.3. The maximum atomic E-state index is 4.84. The lowest BCUT2D eigenvalue weighted by Gasteiger charge is -1.57. The summed E-state index contributed by atoms with van der Waals surface area (Å²) < 4.78 is 0. The first-order chi connectivity index (χ1) is 4.43. The van der Waals surface area contributed by atoms with Crippen LogP contribution in [0.15, 0.2) is 17.4 Å². The Kier molecular flexibility index (Phi) is 1.48. The molecule has 38 valence electrons. The second-order valence-corrected chi connectivity index (χ2v) is 1.35. The molecule has 0 bridgehead atoms. The minimum atomic E-state index is 0.918. The third-order valence-electron chi connectivity index (χ3n) is 0.683. The van der Waals surface area contributed by atoms with E-state index in [1.54, 1.807) is 6.08 Å². The molecule has 0 aromatic heterocycles. The second-order valence-electron chi connectivity index (χ2n) is 1.35. The van der Waals surface area contributed by atoms with Crippen molar-refractivity contribution >= 4 is 0 Å². The van der Waals surface area contributed by atoms with E-state index in [1.165, 1.54) is 0 Å². The van der Waals surface area contributed by atoms with Gasteiger partial charge in [0, 0.05) is 6.08 Å². The highest BCUT2D eigenvalue weighted by molar-refractivity contribution is 5.50. The van der Waals surface area contributed by atoms with Crippen LogP contribution in [0, 0.1) is 36.0 Å². The van der Waals surface area contributed by atoms with E-state index in [1.807, 2.05) is 0 Å². The Bertz CT molecular complexity index is 333. The van der Waals surface area contributed by atoms with Gasteiger partial charge in [0.15, 0.2) is 0 Å². The average Bonchev–Trinajstić information content (AvgIpc) is 2.63. The third-order valence-corrected chi connectivity index (χ3v) is 0.683. The molecule has 0 atom stereocenters. The fraction of sp³-hybridized carbons (Fsp3) is 0. The molecule has 1 rings (SSSR count). The van der Waals surface area contributed by atoms with Crippen LogP contribution in [-0.4, -0.2) is 0 Å². The Labute approximate surface area is 54.3 Å². The maximum Gasteiger partial charge on any atom is 0.0752 e. The van der Waals surface area contributed by atoms with Gasteiger partial charge in [0.2, 0.25) is 0 Å². The number of terminal acetylenes is 1. The lowest BCUT2D eigenvalue weighted by molar-refractivity contribution is 2.10. The van der Waals surface area contributed by atoms with Gasteiger partial charge in [0.25, 0.3) is 0 Å². The van der Waals surface area contributed by atoms with Crippen LogP contribution in [-0.2, 0) is 0 Å². The van der Waals surface area contributed by atoms with Gasteiger partial charge >= 0.3 is 0 Å². The Morgan fingerprint density at radius 2 is 2.11 bits per heavy atom. The first-order valence-corrected chi connectivity index (χ1v) is 2.37. The normalized spacial score (nSPS) is 9.00. The molecule has 0 fully saturated rings. The number of allylic oxidation sites excluding steroid dienone is 1. The molecule has 0 N–H and O–H groups in total. The molecule has 0 aliphatic heterocycles. The molecule has 0 heterocycles. The monoisotopic (exact) mass is 110 g/mol. The first-order valence-electron chi connectivity index (χ1n) is 2.37. The Hall–Kier alpha value is -1.80. The van der Waals surface area contributed by atoms with Crippen molar-refractivity contribution in [3.8, 4) is 36.0 Å². The standard InChI is InChI=1S/C9H2/c1-2-3-4-5-6-9-7-8-9/h1,7H. The van der Waals surface area contributed by atoms with Gasteiger partial charge in [-0.3, -0.25) is 0 Å². The van der Waals surface area contributed by atoms with Crippen molar-refractivity contribution in [1.29, 1.82) is 0 Å². The summed E-state index contributed by atoms with van der Waals surface area (Å²) in [5, 5.41) is 0. The Morgan fingerprint density at radius 3 is 2.67 bits per heavy atom. The molecule has 9 heavy (non-hydrogen) atoms. The minimum absolute atomic E-state index is 0.918. The summed E-state index contributed by atoms with van der Waals surface area (Å²) in [6, 6.07) is 0. The number of hydrogen-bond acceptors (Lipinski definition) is 0. The summed E-state index contributed by atoms with van der Waals surface area (Å²) in [4.78, 5) is 0. The predicted octanol–water partition coefficient (Wildman–Crippen LogP) is 0.721. The van der Waals surface area contributed by atoms with E-state index < -0.39 is 0 Å². The van der Waals surface area contributed by atoms with Crippen molar-refractivity contribution in [3.05, 3.63) is 17.4 Å². The van der Waals surface area contributed by atoms with Crippen LogP contribution in [0.3, 0.4) is 0 Å². The number of hydrogen-bond donors (Lipinski definition) is 0. The van der Waals surface area contributed by atoms with Crippen LogP contribution in [0.1, 0.15) is 0 Å². The molecule has 0 heteroatoms. The Morgan fingerprint density at radius 1 is 1.33 bits per heavy atom. The van der Waals surface area contributed by atoms with E-state index in [0.717, 1.165) is 5.57 Å². The van der Waals surface area contributed by atoms with Crippen LogP contribution in [0.2, 0.25) is 0 Å². The molecule has 0 aromatic rings. The highest BCUT2D eigenvalue weighted by atomic mass is 13.9. The molecule has 0 spiro atoms. The summed E-state index contributed by atoms with van der Waals surface area (Å²) >= 11 is 0. The Balaban J connectivity index is 2.45. The molecule has 0 nitrogen and oxygen atoms in total. The SMILES string of the molecule is C#CC#CC#CC1=C=C1. The zero-order chi connectivity index (χ0) is 6.53. The van der Waals surface area contributed by atoms with Crippen molar-refractivity contribution in [3.63, 3.8) is 0 Å². The fourth-order valence-corrected chi connectivity index (χ4v) is 0.274. The van der Waals surface area contributed by atoms with Crippen LogP contribution >= 0.6 is 0 Å². The van der Waals surface area contributed by atoms with Crippen LogP contribution < -0.4 is 0 Å². The molecule has 0 saturated heterocycles. The van der Waals surface area contributed by atoms with Gasteiger partial charge < -0.3 is 0 Å². The molecule has 0 aromatic carbocycles. The highest BCUT2D eigenvalue weighted by Crippen LogP contribution is 2.01. The second kappa shape index (κ2) is 2.49. The van der Waals surface area contributed by atoms with Gasteiger partial charge in [-0.15, -0.1) is 12.2 Å². The molecule has 1 aliphatic rings. The molecule has 0 radical (unpaired) electrons. The third kappa shape index (κ3) is 2.11. The van der Waals surface area contributed by atoms with E-state index in [-0.39, 0.29) is 0 Å². The smallest absolute Gasteiger partial charge is 0.0752 e. The van der Waals surface area contributed by atoms with Crippen molar-refractivity contribution in [2.24, 2.45) is 0 Å². The van der Waals surface area contributed by atoms with Gasteiger partial charge in [0.05, 0.1) is 5.57 Å². The molecule has 0 unspecified atom stereocenters. The fourth-order valence-electron chi connectivity index (χ4n) is 0.274. The topological polar surface area (TPSA) is 0 Å². The molecular formula is C9H2. The van der Waals surface area contributed by atoms with Gasteiger partial charge in [-0.25, -0.2) is 0 Å². The van der Waals surface area contributed by atoms with E-state index >= 15 is 0 Å². The minimum Gasteiger partial charge on any atom is -0.106 e. The number of rotatable bonds is 0. The van der Waals surface area contributed by atoms with Gasteiger partial charge in [-0.05, 0) is 29.6 Å². The van der Waals surface area contributed by atoms with Crippen molar-refractivity contribution in [1.82, 2.24) is 0 Å². The van der Waals surface area contributed by atoms with Crippen LogP contribution in [0.5, 0.6) is 0 Å². The zero-order valence-corrected chi connectivity index (χ0v) is 4.65. The van der Waals surface area contributed by atoms with E-state index in [4.69, 9.17) is 6.42 Å². The molecule has 1 aliphatic carbocycles. The van der Waals surface area contributed by atoms with Gasteiger partial charge in [-0.1, -0.05) is 0 Å². The van der Waals surface area contributed by atoms with Crippen molar-refractivity contribution in [2.45, 2.75) is 0 Å². The largest absolute Gasteiger partial charge is 0.106 e. The maximum absolute atomic E-state index is 4.84. The lowest BCUT2D eigenvalue weighted by Crippen LogP contribution is -1.52.